The number of hydrogen-bond acceptors (Lipinski definition) is 3. The predicted octanol–water partition coefficient (Wildman–Crippen LogP) is 3.74. The topological polar surface area (TPSA) is 52.7 Å². The van der Waals surface area contributed by atoms with Crippen LogP contribution in [0, 0.1) is 11.6 Å². The average Bonchev–Trinajstić information content (AvgIpc) is 3.11. The lowest BCUT2D eigenvalue weighted by atomic mass is 9.87. The molecule has 0 saturated carbocycles. The zero-order valence-electron chi connectivity index (χ0n) is 18.2. The van der Waals surface area contributed by atoms with Crippen LogP contribution in [0.1, 0.15) is 48.0 Å². The van der Waals surface area contributed by atoms with E-state index in [4.69, 9.17) is 0 Å². The Bertz CT molecular complexity index is 969. The van der Waals surface area contributed by atoms with Gasteiger partial charge in [-0.25, -0.2) is 8.78 Å². The Balaban J connectivity index is 1.36. The van der Waals surface area contributed by atoms with Crippen LogP contribution in [-0.4, -0.2) is 53.3 Å². The minimum absolute atomic E-state index is 0.0201. The van der Waals surface area contributed by atoms with Gasteiger partial charge in [0.25, 0.3) is 5.91 Å². The summed E-state index contributed by atoms with van der Waals surface area (Å²) >= 11 is 0. The largest absolute Gasteiger partial charge is 0.343 e. The summed E-state index contributed by atoms with van der Waals surface area (Å²) < 4.78 is 27.6. The third kappa shape index (κ3) is 4.99. The normalized spacial score (nSPS) is 21.5. The third-order valence-electron chi connectivity index (χ3n) is 6.75. The fourth-order valence-electron chi connectivity index (χ4n) is 5.09. The number of likely N-dealkylation sites (tertiary alicyclic amines) is 2. The molecule has 4 rings (SSSR count). The predicted molar refractivity (Wildman–Crippen MR) is 118 cm³/mol. The van der Waals surface area contributed by atoms with E-state index < -0.39 is 11.6 Å². The van der Waals surface area contributed by atoms with Gasteiger partial charge in [0.1, 0.15) is 11.6 Å². The molecule has 2 aromatic rings. The molecule has 0 radical (unpaired) electrons. The summed E-state index contributed by atoms with van der Waals surface area (Å²) in [5.41, 5.74) is 0.680. The fraction of sp³-hybridized carbons (Fsp3) is 0.440. The maximum Gasteiger partial charge on any atom is 0.251 e. The number of carbonyl (C=O) groups excluding carboxylic acids is 2. The quantitative estimate of drug-likeness (QED) is 0.769. The molecule has 2 aliphatic heterocycles. The Kier molecular flexibility index (Phi) is 6.84. The van der Waals surface area contributed by atoms with Crippen molar-refractivity contribution in [3.8, 4) is 0 Å². The number of benzene rings is 2. The van der Waals surface area contributed by atoms with Crippen LogP contribution in [0.2, 0.25) is 0 Å². The molecule has 7 heteroatoms. The van der Waals surface area contributed by atoms with Gasteiger partial charge in [0.2, 0.25) is 5.91 Å². The maximum absolute atomic E-state index is 14.1. The smallest absolute Gasteiger partial charge is 0.251 e. The molecule has 0 aromatic heterocycles. The number of hydrogen-bond donors (Lipinski definition) is 1. The highest BCUT2D eigenvalue weighted by molar-refractivity contribution is 5.96. The Morgan fingerprint density at radius 3 is 2.47 bits per heavy atom. The first kappa shape index (κ1) is 22.4. The summed E-state index contributed by atoms with van der Waals surface area (Å²) in [5.74, 6) is -1.14. The van der Waals surface area contributed by atoms with Crippen molar-refractivity contribution in [2.45, 2.75) is 44.2 Å². The average molecular weight is 442 g/mol. The standard InChI is InChI=1S/C25H29F2N3O2/c26-21-8-9-22(27)20(16-21)18-29-13-4-10-25(12-15-29)11-5-14-30(25)23(31)17-28-24(32)19-6-2-1-3-7-19/h1-3,6-9,16H,4-5,10-15,17-18H2,(H,28,32). The van der Waals surface area contributed by atoms with E-state index in [0.29, 0.717) is 24.2 Å². The number of rotatable bonds is 5. The molecule has 0 aliphatic carbocycles. The molecule has 2 aromatic carbocycles. The molecule has 2 heterocycles. The van der Waals surface area contributed by atoms with Gasteiger partial charge >= 0.3 is 0 Å². The molecule has 0 bridgehead atoms. The molecule has 2 aliphatic rings. The summed E-state index contributed by atoms with van der Waals surface area (Å²) in [6, 6.07) is 12.4. The van der Waals surface area contributed by atoms with Crippen molar-refractivity contribution >= 4 is 11.8 Å². The van der Waals surface area contributed by atoms with E-state index in [1.165, 1.54) is 12.1 Å². The molecule has 5 nitrogen and oxygen atoms in total. The second kappa shape index (κ2) is 9.77. The first-order valence-electron chi connectivity index (χ1n) is 11.3. The molecule has 2 saturated heterocycles. The SMILES string of the molecule is O=C(NCC(=O)N1CCCC12CCCN(Cc1cc(F)ccc1F)CC2)c1ccccc1. The molecule has 1 atom stereocenters. The number of carbonyl (C=O) groups is 2. The van der Waals surface area contributed by atoms with Gasteiger partial charge in [0, 0.05) is 36.3 Å². The van der Waals surface area contributed by atoms with Crippen LogP contribution in [0.15, 0.2) is 48.5 Å². The van der Waals surface area contributed by atoms with Crippen LogP contribution in [0.4, 0.5) is 8.78 Å². The lowest BCUT2D eigenvalue weighted by Gasteiger charge is -2.38. The lowest BCUT2D eigenvalue weighted by molar-refractivity contribution is -0.134. The molecule has 1 N–H and O–H groups in total. The zero-order chi connectivity index (χ0) is 22.6. The van der Waals surface area contributed by atoms with Gasteiger partial charge in [-0.15, -0.1) is 0 Å². The first-order valence-corrected chi connectivity index (χ1v) is 11.3. The van der Waals surface area contributed by atoms with E-state index in [1.807, 2.05) is 11.0 Å². The second-order valence-electron chi connectivity index (χ2n) is 8.79. The molecular weight excluding hydrogens is 412 g/mol. The molecule has 2 amide bonds. The molecule has 1 spiro atoms. The molecule has 32 heavy (non-hydrogen) atoms. The van der Waals surface area contributed by atoms with Crippen molar-refractivity contribution in [1.29, 1.82) is 0 Å². The summed E-state index contributed by atoms with van der Waals surface area (Å²) in [5, 5.41) is 2.75. The van der Waals surface area contributed by atoms with E-state index in [-0.39, 0.29) is 23.9 Å². The molecule has 2 fully saturated rings. The molecule has 1 unspecified atom stereocenters. The van der Waals surface area contributed by atoms with Crippen LogP contribution in [0.25, 0.3) is 0 Å². The molecule has 170 valence electrons. The van der Waals surface area contributed by atoms with E-state index in [9.17, 15) is 18.4 Å². The van der Waals surface area contributed by atoms with Gasteiger partial charge in [0.15, 0.2) is 0 Å². The Morgan fingerprint density at radius 1 is 0.938 bits per heavy atom. The van der Waals surface area contributed by atoms with E-state index >= 15 is 0 Å². The highest BCUT2D eigenvalue weighted by Crippen LogP contribution is 2.38. The van der Waals surface area contributed by atoms with Crippen molar-refractivity contribution in [2.24, 2.45) is 0 Å². The third-order valence-corrected chi connectivity index (χ3v) is 6.75. The number of nitrogens with zero attached hydrogens (tertiary/aromatic N) is 2. The summed E-state index contributed by atoms with van der Waals surface area (Å²) in [6.45, 7) is 2.54. The number of halogens is 2. The maximum atomic E-state index is 14.1. The van der Waals surface area contributed by atoms with Gasteiger partial charge < -0.3 is 10.2 Å². The van der Waals surface area contributed by atoms with Crippen LogP contribution < -0.4 is 5.32 Å². The Labute approximate surface area is 187 Å². The van der Waals surface area contributed by atoms with E-state index in [2.05, 4.69) is 10.2 Å². The minimum atomic E-state index is -0.433. The van der Waals surface area contributed by atoms with Gasteiger partial charge in [-0.05, 0) is 69.0 Å². The van der Waals surface area contributed by atoms with Crippen LogP contribution in [0.3, 0.4) is 0 Å². The highest BCUT2D eigenvalue weighted by Gasteiger charge is 2.43. The van der Waals surface area contributed by atoms with Gasteiger partial charge in [-0.1, -0.05) is 18.2 Å². The minimum Gasteiger partial charge on any atom is -0.343 e. The highest BCUT2D eigenvalue weighted by atomic mass is 19.1. The summed E-state index contributed by atoms with van der Waals surface area (Å²) in [6.07, 6.45) is 4.44. The zero-order valence-corrected chi connectivity index (χ0v) is 18.2. The Morgan fingerprint density at radius 2 is 1.69 bits per heavy atom. The van der Waals surface area contributed by atoms with E-state index in [0.717, 1.165) is 51.3 Å². The van der Waals surface area contributed by atoms with Crippen LogP contribution in [0.5, 0.6) is 0 Å². The monoisotopic (exact) mass is 441 g/mol. The fourth-order valence-corrected chi connectivity index (χ4v) is 5.09. The summed E-state index contributed by atoms with van der Waals surface area (Å²) in [4.78, 5) is 29.4. The summed E-state index contributed by atoms with van der Waals surface area (Å²) in [7, 11) is 0. The van der Waals surface area contributed by atoms with Gasteiger partial charge in [0.05, 0.1) is 6.54 Å². The van der Waals surface area contributed by atoms with Crippen LogP contribution in [-0.2, 0) is 11.3 Å². The lowest BCUT2D eigenvalue weighted by Crippen LogP contribution is -2.51. The number of nitrogens with one attached hydrogen (secondary N) is 1. The van der Waals surface area contributed by atoms with Crippen molar-refractivity contribution in [3.63, 3.8) is 0 Å². The van der Waals surface area contributed by atoms with Crippen molar-refractivity contribution in [2.75, 3.05) is 26.2 Å². The van der Waals surface area contributed by atoms with Gasteiger partial charge in [-0.3, -0.25) is 14.5 Å². The van der Waals surface area contributed by atoms with Crippen LogP contribution >= 0.6 is 0 Å². The van der Waals surface area contributed by atoms with Gasteiger partial charge in [-0.2, -0.15) is 0 Å². The number of amides is 2. The van der Waals surface area contributed by atoms with Crippen molar-refractivity contribution in [1.82, 2.24) is 15.1 Å². The molecular formula is C25H29F2N3O2. The second-order valence-corrected chi connectivity index (χ2v) is 8.79. The first-order chi connectivity index (χ1) is 15.5. The van der Waals surface area contributed by atoms with Crippen molar-refractivity contribution < 1.29 is 18.4 Å². The van der Waals surface area contributed by atoms with Crippen molar-refractivity contribution in [3.05, 3.63) is 71.3 Å². The Hall–Kier alpha value is -2.80. The van der Waals surface area contributed by atoms with E-state index in [1.54, 1.807) is 24.3 Å².